The molecule has 1 aromatic carbocycles. The van der Waals surface area contributed by atoms with E-state index in [1.165, 1.54) is 0 Å². The van der Waals surface area contributed by atoms with Crippen LogP contribution in [0.1, 0.15) is 16.7 Å². The molecule has 1 heterocycles. The summed E-state index contributed by atoms with van der Waals surface area (Å²) in [4.78, 5) is 4.26. The predicted molar refractivity (Wildman–Crippen MR) is 79.0 cm³/mol. The highest BCUT2D eigenvalue weighted by Gasteiger charge is 2.08. The summed E-state index contributed by atoms with van der Waals surface area (Å²) in [5.41, 5.74) is 3.11. The number of halogens is 1. The van der Waals surface area contributed by atoms with Gasteiger partial charge in [-0.1, -0.05) is 17.7 Å². The lowest BCUT2D eigenvalue weighted by atomic mass is 10.1. The Balaban J connectivity index is 2.19. The number of nitrogens with one attached hydrogen (secondary N) is 1. The van der Waals surface area contributed by atoms with Gasteiger partial charge in [-0.15, -0.1) is 0 Å². The molecule has 3 nitrogen and oxygen atoms in total. The van der Waals surface area contributed by atoms with E-state index in [2.05, 4.69) is 10.3 Å². The van der Waals surface area contributed by atoms with Crippen molar-refractivity contribution in [1.82, 2.24) is 4.98 Å². The summed E-state index contributed by atoms with van der Waals surface area (Å²) in [6, 6.07) is 7.72. The van der Waals surface area contributed by atoms with Crippen molar-refractivity contribution < 1.29 is 4.74 Å². The average Bonchev–Trinajstić information content (AvgIpc) is 2.38. The van der Waals surface area contributed by atoms with Crippen LogP contribution in [0.2, 0.25) is 5.02 Å². The lowest BCUT2D eigenvalue weighted by Crippen LogP contribution is -2.03. The first-order chi connectivity index (χ1) is 9.11. The molecule has 0 aliphatic heterocycles. The molecule has 2 rings (SSSR count). The Morgan fingerprint density at radius 1 is 1.26 bits per heavy atom. The molecule has 0 spiro atoms. The van der Waals surface area contributed by atoms with E-state index >= 15 is 0 Å². The van der Waals surface area contributed by atoms with Gasteiger partial charge < -0.3 is 10.1 Å². The van der Waals surface area contributed by atoms with E-state index in [0.717, 1.165) is 33.3 Å². The van der Waals surface area contributed by atoms with Gasteiger partial charge in [-0.2, -0.15) is 0 Å². The van der Waals surface area contributed by atoms with Gasteiger partial charge in [0.15, 0.2) is 0 Å². The fourth-order valence-electron chi connectivity index (χ4n) is 2.06. The third-order valence-corrected chi connectivity index (χ3v) is 3.14. The SMILES string of the molecule is CNc1ncccc1COc1c(C)cc(Cl)cc1C. The average molecular weight is 277 g/mol. The Morgan fingerprint density at radius 2 is 1.95 bits per heavy atom. The second kappa shape index (κ2) is 5.93. The largest absolute Gasteiger partial charge is 0.488 e. The van der Waals surface area contributed by atoms with E-state index in [0.29, 0.717) is 6.61 Å². The molecule has 0 saturated heterocycles. The summed E-state index contributed by atoms with van der Waals surface area (Å²) in [5.74, 6) is 1.72. The number of hydrogen-bond acceptors (Lipinski definition) is 3. The third-order valence-electron chi connectivity index (χ3n) is 2.93. The Morgan fingerprint density at radius 3 is 2.58 bits per heavy atom. The summed E-state index contributed by atoms with van der Waals surface area (Å²) in [6.45, 7) is 4.47. The maximum Gasteiger partial charge on any atom is 0.132 e. The van der Waals surface area contributed by atoms with Crippen LogP contribution in [0.25, 0.3) is 0 Å². The molecule has 0 fully saturated rings. The molecule has 1 N–H and O–H groups in total. The molecule has 0 saturated carbocycles. The standard InChI is InChI=1S/C15H17ClN2O/c1-10-7-13(16)8-11(2)14(10)19-9-12-5-4-6-18-15(12)17-3/h4-8H,9H2,1-3H3,(H,17,18). The summed E-state index contributed by atoms with van der Waals surface area (Å²) in [7, 11) is 1.85. The monoisotopic (exact) mass is 276 g/mol. The van der Waals surface area contributed by atoms with E-state index < -0.39 is 0 Å². The lowest BCUT2D eigenvalue weighted by molar-refractivity contribution is 0.302. The van der Waals surface area contributed by atoms with Crippen molar-refractivity contribution in [1.29, 1.82) is 0 Å². The highest BCUT2D eigenvalue weighted by atomic mass is 35.5. The summed E-state index contributed by atoms with van der Waals surface area (Å²) in [6.07, 6.45) is 1.76. The minimum absolute atomic E-state index is 0.479. The molecule has 1 aromatic heterocycles. The van der Waals surface area contributed by atoms with Crippen LogP contribution >= 0.6 is 11.6 Å². The van der Waals surface area contributed by atoms with Crippen molar-refractivity contribution in [2.24, 2.45) is 0 Å². The number of benzene rings is 1. The van der Waals surface area contributed by atoms with Gasteiger partial charge in [-0.3, -0.25) is 0 Å². The number of pyridine rings is 1. The van der Waals surface area contributed by atoms with Crippen molar-refractivity contribution in [3.63, 3.8) is 0 Å². The molecular weight excluding hydrogens is 260 g/mol. The van der Waals surface area contributed by atoms with Crippen LogP contribution in [0.4, 0.5) is 5.82 Å². The smallest absolute Gasteiger partial charge is 0.132 e. The molecular formula is C15H17ClN2O. The molecule has 4 heteroatoms. The molecule has 0 aliphatic carbocycles. The number of nitrogens with zero attached hydrogens (tertiary/aromatic N) is 1. The summed E-state index contributed by atoms with van der Waals surface area (Å²) in [5, 5.41) is 3.79. The number of aromatic nitrogens is 1. The minimum atomic E-state index is 0.479. The molecule has 0 bridgehead atoms. The molecule has 0 aliphatic rings. The van der Waals surface area contributed by atoms with E-state index in [1.54, 1.807) is 6.20 Å². The molecule has 0 unspecified atom stereocenters. The highest BCUT2D eigenvalue weighted by Crippen LogP contribution is 2.28. The second-order valence-corrected chi connectivity index (χ2v) is 4.85. The van der Waals surface area contributed by atoms with Gasteiger partial charge in [0.1, 0.15) is 18.2 Å². The zero-order chi connectivity index (χ0) is 13.8. The van der Waals surface area contributed by atoms with Crippen LogP contribution in [0.5, 0.6) is 5.75 Å². The normalized spacial score (nSPS) is 10.3. The van der Waals surface area contributed by atoms with Crippen LogP contribution < -0.4 is 10.1 Å². The van der Waals surface area contributed by atoms with Crippen molar-refractivity contribution in [2.75, 3.05) is 12.4 Å². The summed E-state index contributed by atoms with van der Waals surface area (Å²) >= 11 is 6.01. The summed E-state index contributed by atoms with van der Waals surface area (Å²) < 4.78 is 5.91. The number of ether oxygens (including phenoxy) is 1. The van der Waals surface area contributed by atoms with Gasteiger partial charge in [0.2, 0.25) is 0 Å². The molecule has 2 aromatic rings. The van der Waals surface area contributed by atoms with E-state index in [9.17, 15) is 0 Å². The number of hydrogen-bond donors (Lipinski definition) is 1. The zero-order valence-electron chi connectivity index (χ0n) is 11.3. The first-order valence-corrected chi connectivity index (χ1v) is 6.51. The van der Waals surface area contributed by atoms with Gasteiger partial charge >= 0.3 is 0 Å². The fraction of sp³-hybridized carbons (Fsp3) is 0.267. The van der Waals surface area contributed by atoms with Crippen LogP contribution in [0.15, 0.2) is 30.5 Å². The Bertz CT molecular complexity index is 561. The number of rotatable bonds is 4. The Hall–Kier alpha value is -1.74. The van der Waals surface area contributed by atoms with Crippen LogP contribution in [0, 0.1) is 13.8 Å². The number of aryl methyl sites for hydroxylation is 2. The van der Waals surface area contributed by atoms with Gasteiger partial charge in [-0.05, 0) is 43.2 Å². The van der Waals surface area contributed by atoms with E-state index in [4.69, 9.17) is 16.3 Å². The fourth-order valence-corrected chi connectivity index (χ4v) is 2.38. The van der Waals surface area contributed by atoms with Crippen molar-refractivity contribution in [3.05, 3.63) is 52.2 Å². The van der Waals surface area contributed by atoms with E-state index in [1.807, 2.05) is 45.2 Å². The van der Waals surface area contributed by atoms with Gasteiger partial charge in [0.25, 0.3) is 0 Å². The number of anilines is 1. The van der Waals surface area contributed by atoms with Gasteiger partial charge in [0, 0.05) is 23.8 Å². The van der Waals surface area contributed by atoms with Crippen LogP contribution in [-0.4, -0.2) is 12.0 Å². The maximum absolute atomic E-state index is 6.01. The second-order valence-electron chi connectivity index (χ2n) is 4.42. The Kier molecular flexibility index (Phi) is 4.27. The topological polar surface area (TPSA) is 34.2 Å². The quantitative estimate of drug-likeness (QED) is 0.917. The molecule has 0 amide bonds. The van der Waals surface area contributed by atoms with Crippen LogP contribution in [0.3, 0.4) is 0 Å². The van der Waals surface area contributed by atoms with E-state index in [-0.39, 0.29) is 0 Å². The van der Waals surface area contributed by atoms with Crippen LogP contribution in [-0.2, 0) is 6.61 Å². The van der Waals surface area contributed by atoms with Gasteiger partial charge in [0.05, 0.1) is 0 Å². The maximum atomic E-state index is 6.01. The first-order valence-electron chi connectivity index (χ1n) is 6.13. The zero-order valence-corrected chi connectivity index (χ0v) is 12.1. The predicted octanol–water partition coefficient (Wildman–Crippen LogP) is 3.97. The Labute approximate surface area is 118 Å². The molecule has 0 atom stereocenters. The minimum Gasteiger partial charge on any atom is -0.488 e. The molecule has 0 radical (unpaired) electrons. The van der Waals surface area contributed by atoms with Crippen molar-refractivity contribution in [3.8, 4) is 5.75 Å². The molecule has 19 heavy (non-hydrogen) atoms. The molecule has 100 valence electrons. The van der Waals surface area contributed by atoms with Gasteiger partial charge in [-0.25, -0.2) is 4.98 Å². The first kappa shape index (κ1) is 13.7. The van der Waals surface area contributed by atoms with Crippen molar-refractivity contribution >= 4 is 17.4 Å². The highest BCUT2D eigenvalue weighted by molar-refractivity contribution is 6.30. The third kappa shape index (κ3) is 3.18. The van der Waals surface area contributed by atoms with Crippen molar-refractivity contribution in [2.45, 2.75) is 20.5 Å². The lowest BCUT2D eigenvalue weighted by Gasteiger charge is -2.14.